The van der Waals surface area contributed by atoms with Gasteiger partial charge in [0.15, 0.2) is 0 Å². The summed E-state index contributed by atoms with van der Waals surface area (Å²) in [5.41, 5.74) is 0.852. The third-order valence-electron chi connectivity index (χ3n) is 2.85. The topological polar surface area (TPSA) is 21.3 Å². The van der Waals surface area contributed by atoms with Crippen LogP contribution in [0.5, 0.6) is 0 Å². The highest BCUT2D eigenvalue weighted by Gasteiger charge is 2.13. The molecule has 114 valence electrons. The van der Waals surface area contributed by atoms with Crippen molar-refractivity contribution in [3.8, 4) is 0 Å². The second-order valence-electron chi connectivity index (χ2n) is 4.43. The monoisotopic (exact) mass is 353 g/mol. The van der Waals surface area contributed by atoms with E-state index in [4.69, 9.17) is 4.74 Å². The first-order chi connectivity index (χ1) is 9.54. The minimum Gasteiger partial charge on any atom is -0.375 e. The van der Waals surface area contributed by atoms with E-state index in [1.165, 1.54) is 6.07 Å². The minimum absolute atomic E-state index is 0.0655. The van der Waals surface area contributed by atoms with Crippen LogP contribution in [0.1, 0.15) is 18.9 Å². The van der Waals surface area contributed by atoms with Crippen LogP contribution in [0.25, 0.3) is 0 Å². The third-order valence-corrected chi connectivity index (χ3v) is 3.73. The van der Waals surface area contributed by atoms with Crippen LogP contribution in [0, 0.1) is 5.82 Å². The van der Waals surface area contributed by atoms with Gasteiger partial charge in [0.05, 0.1) is 4.47 Å². The molecule has 1 aromatic carbocycles. The average molecular weight is 354 g/mol. The normalized spacial score (nSPS) is 12.9. The van der Waals surface area contributed by atoms with Crippen LogP contribution in [-0.4, -0.2) is 32.2 Å². The number of ether oxygens (including phenoxy) is 1. The van der Waals surface area contributed by atoms with Crippen LogP contribution >= 0.6 is 15.9 Å². The number of nitrogens with one attached hydrogen (secondary N) is 1. The predicted molar refractivity (Wildman–Crippen MR) is 76.7 cm³/mol. The summed E-state index contributed by atoms with van der Waals surface area (Å²) in [5, 5.41) is 3.26. The molecule has 0 aliphatic carbocycles. The lowest BCUT2D eigenvalue weighted by Gasteiger charge is -2.19. The molecule has 0 radical (unpaired) electrons. The predicted octanol–water partition coefficient (Wildman–Crippen LogP) is 3.78. The Morgan fingerprint density at radius 2 is 2.10 bits per heavy atom. The fraction of sp³-hybridized carbons (Fsp3) is 0.571. The van der Waals surface area contributed by atoms with E-state index in [0.29, 0.717) is 17.3 Å². The van der Waals surface area contributed by atoms with Gasteiger partial charge in [-0.2, -0.15) is 0 Å². The van der Waals surface area contributed by atoms with Gasteiger partial charge in [0.25, 0.3) is 6.43 Å². The maximum Gasteiger partial charge on any atom is 0.261 e. The van der Waals surface area contributed by atoms with Crippen LogP contribution in [0.2, 0.25) is 0 Å². The van der Waals surface area contributed by atoms with Crippen molar-refractivity contribution in [2.45, 2.75) is 32.2 Å². The highest BCUT2D eigenvalue weighted by molar-refractivity contribution is 9.10. The molecule has 1 N–H and O–H groups in total. The molecule has 0 aromatic heterocycles. The highest BCUT2D eigenvalue weighted by Crippen LogP contribution is 2.22. The number of halogens is 4. The van der Waals surface area contributed by atoms with E-state index in [-0.39, 0.29) is 18.5 Å². The molecule has 20 heavy (non-hydrogen) atoms. The van der Waals surface area contributed by atoms with Crippen molar-refractivity contribution in [3.05, 3.63) is 34.1 Å². The summed E-state index contributed by atoms with van der Waals surface area (Å²) in [6, 6.07) is 4.96. The summed E-state index contributed by atoms with van der Waals surface area (Å²) in [5.74, 6) is -0.299. The Morgan fingerprint density at radius 3 is 2.75 bits per heavy atom. The molecule has 1 unspecified atom stereocenters. The molecule has 0 bridgehead atoms. The summed E-state index contributed by atoms with van der Waals surface area (Å²) < 4.78 is 42.7. The zero-order valence-electron chi connectivity index (χ0n) is 11.3. The quantitative estimate of drug-likeness (QED) is 0.682. The number of likely N-dealkylation sites (N-methyl/N-ethyl adjacent to an activating group) is 1. The Bertz CT molecular complexity index is 404. The van der Waals surface area contributed by atoms with Crippen molar-refractivity contribution in [1.29, 1.82) is 0 Å². The van der Waals surface area contributed by atoms with Gasteiger partial charge >= 0.3 is 0 Å². The van der Waals surface area contributed by atoms with Gasteiger partial charge in [-0.25, -0.2) is 13.2 Å². The van der Waals surface area contributed by atoms with Gasteiger partial charge in [0.2, 0.25) is 0 Å². The molecule has 0 aliphatic heterocycles. The number of rotatable bonds is 9. The van der Waals surface area contributed by atoms with Crippen LogP contribution in [0.15, 0.2) is 22.7 Å². The Labute approximate surface area is 125 Å². The molecule has 1 atom stereocenters. The van der Waals surface area contributed by atoms with Crippen molar-refractivity contribution < 1.29 is 17.9 Å². The van der Waals surface area contributed by atoms with Crippen molar-refractivity contribution >= 4 is 15.9 Å². The van der Waals surface area contributed by atoms with Gasteiger partial charge in [-0.3, -0.25) is 0 Å². The summed E-state index contributed by atoms with van der Waals surface area (Å²) in [6.07, 6.45) is -1.22. The van der Waals surface area contributed by atoms with Gasteiger partial charge in [-0.05, 0) is 46.9 Å². The highest BCUT2D eigenvalue weighted by atomic mass is 79.9. The maximum absolute atomic E-state index is 13.4. The molecule has 1 aromatic rings. The van der Waals surface area contributed by atoms with Gasteiger partial charge in [-0.1, -0.05) is 19.1 Å². The number of hydrogen-bond acceptors (Lipinski definition) is 2. The van der Waals surface area contributed by atoms with E-state index in [9.17, 15) is 13.2 Å². The molecule has 0 spiro atoms. The Kier molecular flexibility index (Phi) is 8.18. The van der Waals surface area contributed by atoms with Crippen LogP contribution in [-0.2, 0) is 11.2 Å². The zero-order chi connectivity index (χ0) is 15.0. The lowest BCUT2D eigenvalue weighted by Crippen LogP contribution is -2.32. The first-order valence-electron chi connectivity index (χ1n) is 6.56. The molecule has 1 rings (SSSR count). The summed E-state index contributed by atoms with van der Waals surface area (Å²) in [4.78, 5) is 0. The third kappa shape index (κ3) is 6.24. The number of benzene rings is 1. The van der Waals surface area contributed by atoms with E-state index in [1.54, 1.807) is 6.07 Å². The fourth-order valence-corrected chi connectivity index (χ4v) is 2.36. The van der Waals surface area contributed by atoms with Crippen LogP contribution in [0.3, 0.4) is 0 Å². The summed E-state index contributed by atoms with van der Waals surface area (Å²) >= 11 is 3.23. The average Bonchev–Trinajstić information content (AvgIpc) is 2.40. The lowest BCUT2D eigenvalue weighted by molar-refractivity contribution is 0.0144. The first kappa shape index (κ1) is 17.5. The van der Waals surface area contributed by atoms with Crippen molar-refractivity contribution in [1.82, 2.24) is 5.32 Å². The minimum atomic E-state index is -2.44. The Morgan fingerprint density at radius 1 is 1.35 bits per heavy atom. The largest absolute Gasteiger partial charge is 0.375 e. The fourth-order valence-electron chi connectivity index (χ4n) is 1.93. The Hall–Kier alpha value is -0.590. The van der Waals surface area contributed by atoms with E-state index >= 15 is 0 Å². The molecule has 0 fully saturated rings. The van der Waals surface area contributed by atoms with Crippen LogP contribution < -0.4 is 5.32 Å². The van der Waals surface area contributed by atoms with E-state index in [2.05, 4.69) is 21.2 Å². The van der Waals surface area contributed by atoms with E-state index in [0.717, 1.165) is 12.1 Å². The number of hydrogen-bond donors (Lipinski definition) is 1. The zero-order valence-corrected chi connectivity index (χ0v) is 12.9. The van der Waals surface area contributed by atoms with Crippen LogP contribution in [0.4, 0.5) is 13.2 Å². The molecule has 2 nitrogen and oxygen atoms in total. The Balaban J connectivity index is 2.51. The molecule has 0 amide bonds. The van der Waals surface area contributed by atoms with Gasteiger partial charge < -0.3 is 10.1 Å². The van der Waals surface area contributed by atoms with Crippen molar-refractivity contribution in [3.63, 3.8) is 0 Å². The first-order valence-corrected chi connectivity index (χ1v) is 7.36. The number of alkyl halides is 2. The van der Waals surface area contributed by atoms with E-state index in [1.807, 2.05) is 13.0 Å². The van der Waals surface area contributed by atoms with Crippen molar-refractivity contribution in [2.24, 2.45) is 0 Å². The smallest absolute Gasteiger partial charge is 0.261 e. The van der Waals surface area contributed by atoms with E-state index < -0.39 is 13.0 Å². The summed E-state index contributed by atoms with van der Waals surface area (Å²) in [6.45, 7) is 2.44. The molecular formula is C14H19BrF3NO. The van der Waals surface area contributed by atoms with Gasteiger partial charge in [0, 0.05) is 12.6 Å². The standard InChI is InChI=1S/C14H19BrF3NO/c1-2-19-11(6-7-20-9-13(17)18)8-10-4-3-5-12(16)14(10)15/h3-5,11,13,19H,2,6-9H2,1H3. The van der Waals surface area contributed by atoms with Gasteiger partial charge in [-0.15, -0.1) is 0 Å². The molecule has 0 saturated carbocycles. The van der Waals surface area contributed by atoms with Gasteiger partial charge in [0.1, 0.15) is 12.4 Å². The molecule has 6 heteroatoms. The molecule has 0 aliphatic rings. The SMILES string of the molecule is CCNC(CCOCC(F)F)Cc1cccc(F)c1Br. The lowest BCUT2D eigenvalue weighted by atomic mass is 10.0. The van der Waals surface area contributed by atoms with Crippen molar-refractivity contribution in [2.75, 3.05) is 19.8 Å². The summed E-state index contributed by atoms with van der Waals surface area (Å²) in [7, 11) is 0. The molecule has 0 saturated heterocycles. The molecule has 0 heterocycles. The second-order valence-corrected chi connectivity index (χ2v) is 5.22. The molecular weight excluding hydrogens is 335 g/mol. The second kappa shape index (κ2) is 9.37. The maximum atomic E-state index is 13.4.